The number of halogens is 1. The summed E-state index contributed by atoms with van der Waals surface area (Å²) in [5.74, 6) is -0.0699. The second-order valence-corrected chi connectivity index (χ2v) is 6.88. The highest BCUT2D eigenvalue weighted by molar-refractivity contribution is 7.84. The van der Waals surface area contributed by atoms with Gasteiger partial charge in [-0.25, -0.2) is 9.78 Å². The molecule has 0 saturated heterocycles. The molecule has 0 saturated carbocycles. The molecule has 0 amide bonds. The van der Waals surface area contributed by atoms with Crippen LogP contribution in [0.1, 0.15) is 35.9 Å². The van der Waals surface area contributed by atoms with Crippen molar-refractivity contribution in [1.29, 1.82) is 0 Å². The molecule has 2 aromatic rings. The Labute approximate surface area is 159 Å². The number of hydrogen-bond acceptors (Lipinski definition) is 7. The van der Waals surface area contributed by atoms with E-state index in [9.17, 15) is 9.00 Å². The second-order valence-electron chi connectivity index (χ2n) is 5.20. The van der Waals surface area contributed by atoms with Gasteiger partial charge in [-0.1, -0.05) is 17.7 Å². The Hall–Kier alpha value is -2.19. The molecule has 26 heavy (non-hydrogen) atoms. The molecule has 9 heteroatoms. The zero-order valence-electron chi connectivity index (χ0n) is 14.8. The molecule has 1 aromatic carbocycles. The largest absolute Gasteiger partial charge is 0.495 e. The van der Waals surface area contributed by atoms with Crippen molar-refractivity contribution >= 4 is 28.4 Å². The van der Waals surface area contributed by atoms with E-state index in [2.05, 4.69) is 9.97 Å². The fourth-order valence-corrected chi connectivity index (χ4v) is 2.78. The van der Waals surface area contributed by atoms with E-state index >= 15 is 0 Å². The minimum atomic E-state index is -1.42. The number of esters is 1. The lowest BCUT2D eigenvalue weighted by Crippen LogP contribution is -2.14. The molecule has 0 N–H and O–H groups in total. The van der Waals surface area contributed by atoms with Crippen molar-refractivity contribution in [3.63, 3.8) is 0 Å². The first-order valence-corrected chi connectivity index (χ1v) is 9.68. The number of benzene rings is 1. The lowest BCUT2D eigenvalue weighted by molar-refractivity contribution is 0.0516. The van der Waals surface area contributed by atoms with Gasteiger partial charge in [0.05, 0.1) is 35.7 Å². The number of carbonyl (C=O) groups excluding carboxylic acids is 1. The number of rotatable bonds is 7. The van der Waals surface area contributed by atoms with Crippen LogP contribution in [0.15, 0.2) is 29.6 Å². The molecule has 1 aromatic heterocycles. The topological polar surface area (TPSA) is 87.6 Å². The van der Waals surface area contributed by atoms with Gasteiger partial charge in [-0.2, -0.15) is 4.98 Å². The van der Waals surface area contributed by atoms with Crippen molar-refractivity contribution in [2.45, 2.75) is 25.1 Å². The fourth-order valence-electron chi connectivity index (χ4n) is 2.10. The van der Waals surface area contributed by atoms with Crippen LogP contribution < -0.4 is 9.47 Å². The summed E-state index contributed by atoms with van der Waals surface area (Å²) < 4.78 is 27.6. The van der Waals surface area contributed by atoms with Gasteiger partial charge < -0.3 is 14.2 Å². The number of ether oxygens (including phenoxy) is 3. The van der Waals surface area contributed by atoms with Crippen LogP contribution >= 0.6 is 11.6 Å². The van der Waals surface area contributed by atoms with E-state index < -0.39 is 22.9 Å². The normalized spacial score (nSPS) is 13.0. The van der Waals surface area contributed by atoms with Gasteiger partial charge in [-0.15, -0.1) is 0 Å². The molecule has 2 unspecified atom stereocenters. The first kappa shape index (κ1) is 20.1. The third kappa shape index (κ3) is 4.70. The molecule has 0 radical (unpaired) electrons. The van der Waals surface area contributed by atoms with Crippen molar-refractivity contribution in [3.05, 3.63) is 40.5 Å². The average Bonchev–Trinajstić information content (AvgIpc) is 2.61. The Morgan fingerprint density at radius 3 is 2.69 bits per heavy atom. The third-order valence-electron chi connectivity index (χ3n) is 3.42. The Bertz CT molecular complexity index is 831. The molecule has 0 fully saturated rings. The van der Waals surface area contributed by atoms with E-state index in [1.54, 1.807) is 32.0 Å². The van der Waals surface area contributed by atoms with Gasteiger partial charge in [0.1, 0.15) is 17.4 Å². The molecule has 0 aliphatic heterocycles. The van der Waals surface area contributed by atoms with E-state index in [1.165, 1.54) is 19.6 Å². The van der Waals surface area contributed by atoms with Gasteiger partial charge >= 0.3 is 5.97 Å². The molecule has 0 aliphatic rings. The summed E-state index contributed by atoms with van der Waals surface area (Å²) >= 11 is 6.15. The minimum absolute atomic E-state index is 0.00286. The molecule has 1 heterocycles. The van der Waals surface area contributed by atoms with Gasteiger partial charge in [-0.3, -0.25) is 4.21 Å². The van der Waals surface area contributed by atoms with Crippen LogP contribution in [0, 0.1) is 0 Å². The highest BCUT2D eigenvalue weighted by Gasteiger charge is 2.21. The first-order chi connectivity index (χ1) is 12.4. The molecule has 7 nitrogen and oxygen atoms in total. The maximum absolute atomic E-state index is 12.1. The highest BCUT2D eigenvalue weighted by Crippen LogP contribution is 2.30. The average molecular weight is 399 g/mol. The molecule has 0 spiro atoms. The van der Waals surface area contributed by atoms with Gasteiger partial charge in [0.15, 0.2) is 0 Å². The highest BCUT2D eigenvalue weighted by atomic mass is 35.5. The first-order valence-electron chi connectivity index (χ1n) is 7.75. The van der Waals surface area contributed by atoms with Crippen molar-refractivity contribution in [3.8, 4) is 11.6 Å². The van der Waals surface area contributed by atoms with Crippen LogP contribution in [-0.4, -0.2) is 40.1 Å². The van der Waals surface area contributed by atoms with Crippen molar-refractivity contribution in [1.82, 2.24) is 9.97 Å². The second kappa shape index (κ2) is 8.95. The standard InChI is InChI=1S/C17H19ClN2O5S/c1-5-24-16(21)12-9-19-17(26(4)22)20-15(12)25-10(2)11-6-7-14(23-3)13(18)8-11/h6-10H,5H2,1-4H3. The number of nitrogens with zero attached hydrogens (tertiary/aromatic N) is 2. The van der Waals surface area contributed by atoms with Crippen LogP contribution in [0.25, 0.3) is 0 Å². The van der Waals surface area contributed by atoms with Gasteiger partial charge in [-0.05, 0) is 31.5 Å². The molecular formula is C17H19ClN2O5S. The monoisotopic (exact) mass is 398 g/mol. The lowest BCUT2D eigenvalue weighted by atomic mass is 10.1. The van der Waals surface area contributed by atoms with Gasteiger partial charge in [0.25, 0.3) is 0 Å². The number of aromatic nitrogens is 2. The van der Waals surface area contributed by atoms with Crippen molar-refractivity contribution < 1.29 is 23.2 Å². The molecule has 0 bridgehead atoms. The number of methoxy groups -OCH3 is 1. The lowest BCUT2D eigenvalue weighted by Gasteiger charge is -2.17. The predicted molar refractivity (Wildman–Crippen MR) is 97.4 cm³/mol. The summed E-state index contributed by atoms with van der Waals surface area (Å²) in [4.78, 5) is 20.1. The predicted octanol–water partition coefficient (Wildman–Crippen LogP) is 3.19. The summed E-state index contributed by atoms with van der Waals surface area (Å²) in [6, 6.07) is 5.21. The van der Waals surface area contributed by atoms with Crippen LogP contribution in [0.4, 0.5) is 0 Å². The zero-order chi connectivity index (χ0) is 19.3. The molecular weight excluding hydrogens is 380 g/mol. The van der Waals surface area contributed by atoms with Crippen molar-refractivity contribution in [2.24, 2.45) is 0 Å². The minimum Gasteiger partial charge on any atom is -0.495 e. The summed E-state index contributed by atoms with van der Waals surface area (Å²) in [5, 5.41) is 0.497. The molecule has 140 valence electrons. The molecule has 2 atom stereocenters. The third-order valence-corrected chi connectivity index (χ3v) is 4.42. The molecule has 0 aliphatic carbocycles. The summed E-state index contributed by atoms with van der Waals surface area (Å²) in [6.07, 6.45) is 2.21. The Kier molecular flexibility index (Phi) is 6.93. The van der Waals surface area contributed by atoms with Gasteiger partial charge in [0, 0.05) is 6.26 Å². The van der Waals surface area contributed by atoms with E-state index in [-0.39, 0.29) is 23.2 Å². The maximum Gasteiger partial charge on any atom is 0.345 e. The van der Waals surface area contributed by atoms with Crippen LogP contribution in [0.5, 0.6) is 11.6 Å². The van der Waals surface area contributed by atoms with Gasteiger partial charge in [0.2, 0.25) is 11.0 Å². The summed E-state index contributed by atoms with van der Waals surface area (Å²) in [6.45, 7) is 3.66. The van der Waals surface area contributed by atoms with Crippen LogP contribution in [0.3, 0.4) is 0 Å². The maximum atomic E-state index is 12.1. The van der Waals surface area contributed by atoms with E-state index in [0.717, 1.165) is 5.56 Å². The Morgan fingerprint density at radius 2 is 2.12 bits per heavy atom. The van der Waals surface area contributed by atoms with Crippen molar-refractivity contribution in [2.75, 3.05) is 20.0 Å². The quantitative estimate of drug-likeness (QED) is 0.522. The fraction of sp³-hybridized carbons (Fsp3) is 0.353. The molecule has 2 rings (SSSR count). The van der Waals surface area contributed by atoms with Crippen LogP contribution in [0.2, 0.25) is 5.02 Å². The Balaban J connectivity index is 2.36. The number of hydrogen-bond donors (Lipinski definition) is 0. The smallest absolute Gasteiger partial charge is 0.345 e. The zero-order valence-corrected chi connectivity index (χ0v) is 16.4. The SMILES string of the molecule is CCOC(=O)c1cnc(S(C)=O)nc1OC(C)c1ccc(OC)c(Cl)c1. The summed E-state index contributed by atoms with van der Waals surface area (Å²) in [7, 11) is 0.104. The summed E-state index contributed by atoms with van der Waals surface area (Å²) in [5.41, 5.74) is 0.816. The Morgan fingerprint density at radius 1 is 1.38 bits per heavy atom. The van der Waals surface area contributed by atoms with Crippen LogP contribution in [-0.2, 0) is 15.5 Å². The van der Waals surface area contributed by atoms with E-state index in [1.807, 2.05) is 0 Å². The number of carbonyl (C=O) groups is 1. The van der Waals surface area contributed by atoms with E-state index in [0.29, 0.717) is 10.8 Å². The van der Waals surface area contributed by atoms with E-state index in [4.69, 9.17) is 25.8 Å².